The van der Waals surface area contributed by atoms with E-state index in [1.165, 1.54) is 7.11 Å². The number of carbonyl (C=O) groups is 4. The summed E-state index contributed by atoms with van der Waals surface area (Å²) in [4.78, 5) is 50.3. The SMILES string of the molecule is COC(=O)Nc1ccc(N[C@@H](CC(=O)O)C(=O)N2C(=O)O[C@]3(CCNC3)c3cc(Cl)ccc32)cc1. The van der Waals surface area contributed by atoms with Crippen molar-refractivity contribution in [3.05, 3.63) is 53.1 Å². The van der Waals surface area contributed by atoms with Crippen LogP contribution in [0.2, 0.25) is 5.02 Å². The van der Waals surface area contributed by atoms with Gasteiger partial charge in [0.15, 0.2) is 5.60 Å². The first-order valence-corrected chi connectivity index (χ1v) is 11.1. The molecule has 0 aromatic heterocycles. The molecule has 0 saturated carbocycles. The van der Waals surface area contributed by atoms with E-state index < -0.39 is 42.1 Å². The molecule has 2 aliphatic heterocycles. The summed E-state index contributed by atoms with van der Waals surface area (Å²) in [6.07, 6.45) is -1.62. The summed E-state index contributed by atoms with van der Waals surface area (Å²) in [5.41, 5.74) is 0.763. The van der Waals surface area contributed by atoms with Crippen molar-refractivity contribution in [2.75, 3.05) is 35.7 Å². The molecule has 4 rings (SSSR count). The molecular weight excluding hydrogens is 480 g/mol. The highest BCUT2D eigenvalue weighted by Gasteiger charge is 2.49. The van der Waals surface area contributed by atoms with Gasteiger partial charge in [-0.3, -0.25) is 14.9 Å². The van der Waals surface area contributed by atoms with Gasteiger partial charge >= 0.3 is 18.2 Å². The minimum atomic E-state index is -1.29. The number of hydrogen-bond acceptors (Lipinski definition) is 8. The first-order chi connectivity index (χ1) is 16.7. The van der Waals surface area contributed by atoms with E-state index in [9.17, 15) is 24.3 Å². The van der Waals surface area contributed by atoms with Gasteiger partial charge in [0.05, 0.1) is 19.2 Å². The van der Waals surface area contributed by atoms with Crippen LogP contribution in [0.3, 0.4) is 0 Å². The number of anilines is 3. The zero-order valence-electron chi connectivity index (χ0n) is 18.7. The number of carbonyl (C=O) groups excluding carboxylic acids is 3. The molecule has 1 saturated heterocycles. The highest BCUT2D eigenvalue weighted by molar-refractivity contribution is 6.31. The fraction of sp³-hybridized carbons (Fsp3) is 0.304. The van der Waals surface area contributed by atoms with Crippen molar-refractivity contribution in [2.45, 2.75) is 24.5 Å². The summed E-state index contributed by atoms with van der Waals surface area (Å²) in [5.74, 6) is -2.03. The number of imide groups is 1. The van der Waals surface area contributed by atoms with Crippen molar-refractivity contribution in [3.8, 4) is 0 Å². The number of rotatable bonds is 6. The molecule has 35 heavy (non-hydrogen) atoms. The molecule has 184 valence electrons. The molecule has 1 spiro atoms. The van der Waals surface area contributed by atoms with Crippen LogP contribution in [0.15, 0.2) is 42.5 Å². The van der Waals surface area contributed by atoms with Crippen LogP contribution in [-0.2, 0) is 24.7 Å². The topological polar surface area (TPSA) is 146 Å². The average molecular weight is 503 g/mol. The van der Waals surface area contributed by atoms with Gasteiger partial charge in [0.25, 0.3) is 5.91 Å². The van der Waals surface area contributed by atoms with Gasteiger partial charge in [0.2, 0.25) is 0 Å². The third kappa shape index (κ3) is 5.00. The first kappa shape index (κ1) is 24.3. The first-order valence-electron chi connectivity index (χ1n) is 10.7. The van der Waals surface area contributed by atoms with Crippen LogP contribution in [0.4, 0.5) is 26.7 Å². The third-order valence-corrected chi connectivity index (χ3v) is 6.06. The highest BCUT2D eigenvalue weighted by Crippen LogP contribution is 2.44. The number of nitrogens with one attached hydrogen (secondary N) is 3. The number of hydrogen-bond donors (Lipinski definition) is 4. The second kappa shape index (κ2) is 9.80. The fourth-order valence-corrected chi connectivity index (χ4v) is 4.35. The van der Waals surface area contributed by atoms with Gasteiger partial charge in [-0.25, -0.2) is 14.5 Å². The number of ether oxygens (including phenoxy) is 2. The zero-order valence-corrected chi connectivity index (χ0v) is 19.4. The Hall–Kier alpha value is -3.83. The van der Waals surface area contributed by atoms with E-state index in [0.717, 1.165) is 4.90 Å². The van der Waals surface area contributed by atoms with Crippen LogP contribution in [0, 0.1) is 0 Å². The maximum Gasteiger partial charge on any atom is 0.422 e. The fourth-order valence-electron chi connectivity index (χ4n) is 4.18. The maximum absolute atomic E-state index is 13.5. The lowest BCUT2D eigenvalue weighted by Gasteiger charge is -2.40. The molecule has 11 nitrogen and oxygen atoms in total. The third-order valence-electron chi connectivity index (χ3n) is 5.83. The van der Waals surface area contributed by atoms with Gasteiger partial charge in [0, 0.05) is 34.9 Å². The number of carboxylic acid groups (broad SMARTS) is 1. The average Bonchev–Trinajstić information content (AvgIpc) is 3.28. The van der Waals surface area contributed by atoms with E-state index in [-0.39, 0.29) is 0 Å². The molecule has 0 radical (unpaired) electrons. The molecular formula is C23H23ClN4O7. The van der Waals surface area contributed by atoms with Gasteiger partial charge in [-0.2, -0.15) is 0 Å². The van der Waals surface area contributed by atoms with E-state index in [1.54, 1.807) is 42.5 Å². The van der Waals surface area contributed by atoms with E-state index in [2.05, 4.69) is 20.7 Å². The van der Waals surface area contributed by atoms with Crippen molar-refractivity contribution in [1.82, 2.24) is 5.32 Å². The molecule has 0 aliphatic carbocycles. The van der Waals surface area contributed by atoms with Crippen LogP contribution in [0.1, 0.15) is 18.4 Å². The summed E-state index contributed by atoms with van der Waals surface area (Å²) in [7, 11) is 1.23. The minimum Gasteiger partial charge on any atom is -0.481 e. The molecule has 2 aromatic carbocycles. The van der Waals surface area contributed by atoms with Crippen LogP contribution >= 0.6 is 11.6 Å². The van der Waals surface area contributed by atoms with Crippen molar-refractivity contribution in [2.24, 2.45) is 0 Å². The summed E-state index contributed by atoms with van der Waals surface area (Å²) in [5, 5.41) is 18.4. The Labute approximate surface area is 205 Å². The Kier molecular flexibility index (Phi) is 6.81. The predicted molar refractivity (Wildman–Crippen MR) is 127 cm³/mol. The molecule has 3 amide bonds. The van der Waals surface area contributed by atoms with Crippen molar-refractivity contribution in [3.63, 3.8) is 0 Å². The highest BCUT2D eigenvalue weighted by atomic mass is 35.5. The number of methoxy groups -OCH3 is 1. The number of benzene rings is 2. The molecule has 4 N–H and O–H groups in total. The van der Waals surface area contributed by atoms with Crippen LogP contribution in [0.5, 0.6) is 0 Å². The lowest BCUT2D eigenvalue weighted by Crippen LogP contribution is -2.53. The van der Waals surface area contributed by atoms with Gasteiger partial charge < -0.3 is 25.2 Å². The Balaban J connectivity index is 1.63. The van der Waals surface area contributed by atoms with Crippen molar-refractivity contribution < 1.29 is 33.8 Å². The Bertz CT molecular complexity index is 1160. The molecule has 2 atom stereocenters. The number of fused-ring (bicyclic) bond motifs is 2. The van der Waals surface area contributed by atoms with E-state index in [4.69, 9.17) is 16.3 Å². The van der Waals surface area contributed by atoms with Crippen molar-refractivity contribution in [1.29, 1.82) is 0 Å². The maximum atomic E-state index is 13.5. The molecule has 1 fully saturated rings. The van der Waals surface area contributed by atoms with Gasteiger partial charge in [-0.15, -0.1) is 0 Å². The monoisotopic (exact) mass is 502 g/mol. The lowest BCUT2D eigenvalue weighted by molar-refractivity contribution is -0.139. The number of carboxylic acids is 1. The van der Waals surface area contributed by atoms with E-state index >= 15 is 0 Å². The Morgan fingerprint density at radius 1 is 1.23 bits per heavy atom. The number of aliphatic carboxylic acids is 1. The van der Waals surface area contributed by atoms with Gasteiger partial charge in [-0.05, 0) is 49.0 Å². The van der Waals surface area contributed by atoms with E-state index in [1.807, 2.05) is 0 Å². The molecule has 12 heteroatoms. The number of halogens is 1. The standard InChI is InChI=1S/C23H23ClN4O7/c1-34-21(32)27-15-5-3-14(4-6-15)26-17(11-19(29)30)20(31)28-18-7-2-13(24)10-16(18)23(35-22(28)33)8-9-25-12-23/h2-7,10,17,25-26H,8-9,11-12H2,1H3,(H,27,32)(H,29,30)/t17-,23-/m0/s1. The number of nitrogens with zero attached hydrogens (tertiary/aromatic N) is 1. The zero-order chi connectivity index (χ0) is 25.2. The molecule has 2 aromatic rings. The van der Waals surface area contributed by atoms with Gasteiger partial charge in [0.1, 0.15) is 6.04 Å². The Morgan fingerprint density at radius 3 is 2.57 bits per heavy atom. The van der Waals surface area contributed by atoms with Crippen LogP contribution < -0.4 is 20.9 Å². The van der Waals surface area contributed by atoms with Crippen molar-refractivity contribution >= 4 is 52.7 Å². The Morgan fingerprint density at radius 2 is 1.94 bits per heavy atom. The minimum absolute atomic E-state index is 0.300. The number of amides is 3. The summed E-state index contributed by atoms with van der Waals surface area (Å²) < 4.78 is 10.3. The summed E-state index contributed by atoms with van der Waals surface area (Å²) >= 11 is 6.21. The molecule has 2 heterocycles. The quantitative estimate of drug-likeness (QED) is 0.467. The van der Waals surface area contributed by atoms with Crippen LogP contribution in [0.25, 0.3) is 0 Å². The molecule has 2 aliphatic rings. The van der Waals surface area contributed by atoms with Gasteiger partial charge in [-0.1, -0.05) is 11.6 Å². The lowest BCUT2D eigenvalue weighted by atomic mass is 9.89. The molecule has 0 bridgehead atoms. The smallest absolute Gasteiger partial charge is 0.422 e. The summed E-state index contributed by atoms with van der Waals surface area (Å²) in [6, 6.07) is 9.67. The largest absolute Gasteiger partial charge is 0.481 e. The molecule has 0 unspecified atom stereocenters. The second-order valence-electron chi connectivity index (χ2n) is 8.11. The predicted octanol–water partition coefficient (Wildman–Crippen LogP) is 3.15. The van der Waals surface area contributed by atoms with Crippen LogP contribution in [-0.4, -0.2) is 55.4 Å². The second-order valence-corrected chi connectivity index (χ2v) is 8.55. The normalized spacial score (nSPS) is 19.5. The van der Waals surface area contributed by atoms with E-state index in [0.29, 0.717) is 47.2 Å². The summed E-state index contributed by atoms with van der Waals surface area (Å²) in [6.45, 7) is 0.994.